The number of fused-ring (bicyclic) bond motifs is 1. The van der Waals surface area contributed by atoms with Crippen LogP contribution in [0.2, 0.25) is 0 Å². The lowest BCUT2D eigenvalue weighted by atomic mass is 9.97. The van der Waals surface area contributed by atoms with Crippen LogP contribution in [0.1, 0.15) is 42.1 Å². The molecule has 0 unspecified atom stereocenters. The molecule has 3 fully saturated rings. The van der Waals surface area contributed by atoms with Crippen LogP contribution < -0.4 is 11.1 Å². The number of amides is 2. The standard InChI is InChI=1S/C28H36N6O4S/c29-28(30)32-15-13-20(14-16-32)17-31-27(36)24-12-11-23-18-33(19-25(35)34(23)24)39(37,38)26(21-7-3-1-4-8-21)22-9-5-2-6-10-22/h1-10,20,23-24,26H,11-19H2,(H3,29,30)(H,31,36)/t23-,24-/m0/s1. The first-order valence-corrected chi connectivity index (χ1v) is 15.0. The van der Waals surface area contributed by atoms with Gasteiger partial charge in [-0.15, -0.1) is 0 Å². The molecular formula is C28H36N6O4S. The van der Waals surface area contributed by atoms with Crippen LogP contribution in [0.25, 0.3) is 0 Å². The van der Waals surface area contributed by atoms with Gasteiger partial charge in [0.1, 0.15) is 11.3 Å². The van der Waals surface area contributed by atoms with E-state index in [0.717, 1.165) is 12.8 Å². The molecule has 2 aromatic rings. The average Bonchev–Trinajstić information content (AvgIpc) is 3.38. The number of carbonyl (C=O) groups is 2. The number of nitrogens with two attached hydrogens (primary N) is 1. The van der Waals surface area contributed by atoms with Gasteiger partial charge in [-0.1, -0.05) is 60.7 Å². The van der Waals surface area contributed by atoms with Crippen LogP contribution >= 0.6 is 0 Å². The first kappa shape index (κ1) is 27.1. The maximum Gasteiger partial charge on any atom is 0.242 e. The maximum atomic E-state index is 14.0. The van der Waals surface area contributed by atoms with Gasteiger partial charge in [-0.25, -0.2) is 8.42 Å². The molecule has 3 aliphatic rings. The van der Waals surface area contributed by atoms with Crippen molar-refractivity contribution in [3.63, 3.8) is 0 Å². The molecule has 10 nitrogen and oxygen atoms in total. The van der Waals surface area contributed by atoms with Gasteiger partial charge in [0.2, 0.25) is 21.8 Å². The summed E-state index contributed by atoms with van der Waals surface area (Å²) in [5.74, 6) is -0.134. The third-order valence-electron chi connectivity index (χ3n) is 8.20. The zero-order chi connectivity index (χ0) is 27.6. The molecule has 2 atom stereocenters. The lowest BCUT2D eigenvalue weighted by molar-refractivity contribution is -0.143. The van der Waals surface area contributed by atoms with Crippen molar-refractivity contribution >= 4 is 27.8 Å². The average molecular weight is 553 g/mol. The summed E-state index contributed by atoms with van der Waals surface area (Å²) in [4.78, 5) is 29.9. The van der Waals surface area contributed by atoms with Crippen LogP contribution in [0.5, 0.6) is 0 Å². The number of rotatable bonds is 7. The third kappa shape index (κ3) is 5.65. The fourth-order valence-corrected chi connectivity index (χ4v) is 8.08. The summed E-state index contributed by atoms with van der Waals surface area (Å²) in [6.07, 6.45) is 2.77. The number of guanidine groups is 1. The minimum absolute atomic E-state index is 0.0769. The monoisotopic (exact) mass is 552 g/mol. The molecule has 0 spiro atoms. The zero-order valence-electron chi connectivity index (χ0n) is 21.9. The highest BCUT2D eigenvalue weighted by molar-refractivity contribution is 7.89. The molecule has 3 aliphatic heterocycles. The van der Waals surface area contributed by atoms with E-state index in [0.29, 0.717) is 49.5 Å². The zero-order valence-corrected chi connectivity index (χ0v) is 22.7. The van der Waals surface area contributed by atoms with E-state index in [9.17, 15) is 18.0 Å². The van der Waals surface area contributed by atoms with Gasteiger partial charge in [0, 0.05) is 32.2 Å². The number of sulfonamides is 1. The normalized spacial score (nSPS) is 22.6. The second-order valence-corrected chi connectivity index (χ2v) is 12.7. The van der Waals surface area contributed by atoms with Crippen LogP contribution in [-0.4, -0.2) is 85.1 Å². The molecule has 2 aromatic carbocycles. The van der Waals surface area contributed by atoms with E-state index in [1.807, 2.05) is 41.3 Å². The van der Waals surface area contributed by atoms with Crippen molar-refractivity contribution in [2.24, 2.45) is 11.7 Å². The van der Waals surface area contributed by atoms with Crippen LogP contribution in [-0.2, 0) is 19.6 Å². The van der Waals surface area contributed by atoms with E-state index in [1.165, 1.54) is 4.31 Å². The van der Waals surface area contributed by atoms with Crippen molar-refractivity contribution in [1.82, 2.24) is 19.4 Å². The highest BCUT2D eigenvalue weighted by Gasteiger charge is 2.48. The fraction of sp³-hybridized carbons (Fsp3) is 0.464. The van der Waals surface area contributed by atoms with E-state index >= 15 is 0 Å². The third-order valence-corrected chi connectivity index (χ3v) is 10.3. The molecule has 0 radical (unpaired) electrons. The number of nitrogens with zero attached hydrogens (tertiary/aromatic N) is 3. The Bertz CT molecular complexity index is 1260. The Hall–Kier alpha value is -3.44. The molecule has 2 amide bonds. The van der Waals surface area contributed by atoms with Crippen molar-refractivity contribution in [2.75, 3.05) is 32.7 Å². The smallest absolute Gasteiger partial charge is 0.242 e. The molecule has 0 aromatic heterocycles. The van der Waals surface area contributed by atoms with Crippen LogP contribution in [0, 0.1) is 11.3 Å². The Morgan fingerprint density at radius 1 is 0.974 bits per heavy atom. The van der Waals surface area contributed by atoms with Crippen molar-refractivity contribution in [1.29, 1.82) is 5.41 Å². The molecule has 3 saturated heterocycles. The summed E-state index contributed by atoms with van der Waals surface area (Å²) >= 11 is 0. The van der Waals surface area contributed by atoms with E-state index < -0.39 is 21.3 Å². The Labute approximate surface area is 229 Å². The number of nitrogens with one attached hydrogen (secondary N) is 2. The number of piperazine rings is 1. The number of hydrogen-bond donors (Lipinski definition) is 3. The van der Waals surface area contributed by atoms with Crippen molar-refractivity contribution in [3.05, 3.63) is 71.8 Å². The van der Waals surface area contributed by atoms with Gasteiger partial charge in [0.15, 0.2) is 5.96 Å². The Balaban J connectivity index is 1.26. The lowest BCUT2D eigenvalue weighted by Crippen LogP contribution is -2.60. The number of hydrogen-bond acceptors (Lipinski definition) is 5. The molecule has 4 N–H and O–H groups in total. The fourth-order valence-electron chi connectivity index (χ4n) is 6.10. The molecule has 0 aliphatic carbocycles. The molecular weight excluding hydrogens is 516 g/mol. The highest BCUT2D eigenvalue weighted by Crippen LogP contribution is 2.36. The van der Waals surface area contributed by atoms with E-state index in [1.54, 1.807) is 29.2 Å². The summed E-state index contributed by atoms with van der Waals surface area (Å²) in [7, 11) is -3.92. The van der Waals surface area contributed by atoms with Gasteiger partial charge in [0.25, 0.3) is 0 Å². The lowest BCUT2D eigenvalue weighted by Gasteiger charge is -2.40. The summed E-state index contributed by atoms with van der Waals surface area (Å²) in [6, 6.07) is 17.2. The van der Waals surface area contributed by atoms with Crippen molar-refractivity contribution in [2.45, 2.75) is 43.0 Å². The van der Waals surface area contributed by atoms with Gasteiger partial charge in [0.05, 0.1) is 6.54 Å². The molecule has 0 bridgehead atoms. The predicted molar refractivity (Wildman–Crippen MR) is 148 cm³/mol. The molecule has 208 valence electrons. The number of benzene rings is 2. The number of likely N-dealkylation sites (tertiary alicyclic amines) is 1. The Morgan fingerprint density at radius 3 is 2.13 bits per heavy atom. The van der Waals surface area contributed by atoms with Gasteiger partial charge in [-0.3, -0.25) is 15.0 Å². The van der Waals surface area contributed by atoms with Crippen LogP contribution in [0.3, 0.4) is 0 Å². The molecule has 39 heavy (non-hydrogen) atoms. The van der Waals surface area contributed by atoms with Gasteiger partial charge in [-0.2, -0.15) is 4.31 Å². The van der Waals surface area contributed by atoms with Gasteiger partial charge in [-0.05, 0) is 42.7 Å². The first-order valence-electron chi connectivity index (χ1n) is 13.5. The summed E-state index contributed by atoms with van der Waals surface area (Å²) in [5.41, 5.74) is 6.86. The van der Waals surface area contributed by atoms with Gasteiger partial charge < -0.3 is 20.9 Å². The predicted octanol–water partition coefficient (Wildman–Crippen LogP) is 1.50. The molecule has 0 saturated carbocycles. The highest BCUT2D eigenvalue weighted by atomic mass is 32.2. The van der Waals surface area contributed by atoms with Crippen molar-refractivity contribution < 1.29 is 18.0 Å². The topological polar surface area (TPSA) is 140 Å². The maximum absolute atomic E-state index is 14.0. The van der Waals surface area contributed by atoms with E-state index in [4.69, 9.17) is 11.1 Å². The largest absolute Gasteiger partial charge is 0.370 e. The second-order valence-electron chi connectivity index (χ2n) is 10.6. The summed E-state index contributed by atoms with van der Waals surface area (Å²) in [6.45, 7) is 1.82. The van der Waals surface area contributed by atoms with Crippen LogP contribution in [0.4, 0.5) is 0 Å². The first-order chi connectivity index (χ1) is 18.8. The van der Waals surface area contributed by atoms with Crippen molar-refractivity contribution in [3.8, 4) is 0 Å². The minimum atomic E-state index is -3.92. The Morgan fingerprint density at radius 2 is 1.56 bits per heavy atom. The molecule has 11 heteroatoms. The Kier molecular flexibility index (Phi) is 7.90. The van der Waals surface area contributed by atoms with Gasteiger partial charge >= 0.3 is 0 Å². The summed E-state index contributed by atoms with van der Waals surface area (Å²) < 4.78 is 29.4. The van der Waals surface area contributed by atoms with E-state index in [2.05, 4.69) is 5.32 Å². The SMILES string of the molecule is N=C(N)N1CCC(CNC(=O)[C@@H]2CC[C@H]3CN(S(=O)(=O)C(c4ccccc4)c4ccccc4)CC(=O)N32)CC1. The second kappa shape index (κ2) is 11.4. The number of carbonyl (C=O) groups excluding carboxylic acids is 2. The van der Waals surface area contributed by atoms with E-state index in [-0.39, 0.29) is 36.9 Å². The van der Waals surface area contributed by atoms with Crippen LogP contribution in [0.15, 0.2) is 60.7 Å². The molecule has 5 rings (SSSR count). The molecule has 3 heterocycles. The number of piperidine rings is 1. The summed E-state index contributed by atoms with van der Waals surface area (Å²) in [5, 5.41) is 9.67. The quantitative estimate of drug-likeness (QED) is 0.351. The minimum Gasteiger partial charge on any atom is -0.370 e.